The van der Waals surface area contributed by atoms with Crippen LogP contribution in [0.2, 0.25) is 0 Å². The molecule has 0 bridgehead atoms. The molecule has 20 heavy (non-hydrogen) atoms. The van der Waals surface area contributed by atoms with Gasteiger partial charge in [0.2, 0.25) is 0 Å². The van der Waals surface area contributed by atoms with Gasteiger partial charge in [-0.15, -0.1) is 5.10 Å². The van der Waals surface area contributed by atoms with Crippen LogP contribution in [0.5, 0.6) is 0 Å². The van der Waals surface area contributed by atoms with Crippen molar-refractivity contribution < 1.29 is 9.53 Å². The van der Waals surface area contributed by atoms with Crippen molar-refractivity contribution in [2.45, 2.75) is 6.92 Å². The first-order chi connectivity index (χ1) is 9.61. The highest BCUT2D eigenvalue weighted by Gasteiger charge is 2.13. The third-order valence-electron chi connectivity index (χ3n) is 2.68. The molecule has 1 aromatic carbocycles. The van der Waals surface area contributed by atoms with Crippen LogP contribution < -0.4 is 0 Å². The summed E-state index contributed by atoms with van der Waals surface area (Å²) in [5, 5.41) is 8.11. The van der Waals surface area contributed by atoms with E-state index in [2.05, 4.69) is 10.3 Å². The minimum Gasteiger partial charge on any atom is -0.463 e. The predicted octanol–water partition coefficient (Wildman–Crippen LogP) is 1.40. The number of benzene rings is 1. The van der Waals surface area contributed by atoms with Gasteiger partial charge in [-0.2, -0.15) is 0 Å². The minimum absolute atomic E-state index is 0.333. The Morgan fingerprint density at radius 1 is 1.40 bits per heavy atom. The van der Waals surface area contributed by atoms with Crippen LogP contribution in [0.3, 0.4) is 0 Å². The van der Waals surface area contributed by atoms with E-state index in [1.165, 1.54) is 0 Å². The van der Waals surface area contributed by atoms with E-state index < -0.39 is 0 Å². The first-order valence-electron chi connectivity index (χ1n) is 6.44. The molecule has 6 nitrogen and oxygen atoms in total. The van der Waals surface area contributed by atoms with Crippen LogP contribution in [-0.2, 0) is 9.53 Å². The fourth-order valence-corrected chi connectivity index (χ4v) is 1.85. The van der Waals surface area contributed by atoms with E-state index in [4.69, 9.17) is 4.74 Å². The molecular weight excluding hydrogens is 256 g/mol. The lowest BCUT2D eigenvalue weighted by molar-refractivity contribution is -0.138. The fourth-order valence-electron chi connectivity index (χ4n) is 1.85. The van der Waals surface area contributed by atoms with Crippen LogP contribution >= 0.6 is 0 Å². The van der Waals surface area contributed by atoms with E-state index in [1.807, 2.05) is 43.3 Å². The largest absolute Gasteiger partial charge is 0.463 e. The zero-order valence-electron chi connectivity index (χ0n) is 11.9. The van der Waals surface area contributed by atoms with Gasteiger partial charge in [0.1, 0.15) is 5.52 Å². The maximum absolute atomic E-state index is 12.0. The summed E-state index contributed by atoms with van der Waals surface area (Å²) in [4.78, 5) is 13.9. The topological polar surface area (TPSA) is 60.3 Å². The van der Waals surface area contributed by atoms with Crippen molar-refractivity contribution in [2.24, 2.45) is 0 Å². The second-order valence-electron chi connectivity index (χ2n) is 4.64. The molecule has 0 saturated carbocycles. The van der Waals surface area contributed by atoms with Gasteiger partial charge in [-0.05, 0) is 33.2 Å². The molecular formula is C14H18N4O2. The molecule has 106 valence electrons. The molecule has 1 heterocycles. The molecule has 0 saturated heterocycles. The molecule has 0 radical (unpaired) electrons. The molecule has 2 aromatic rings. The SMILES string of the molecule is CCOC(=O)C(=Cn1nnc2ccccc21)CN(C)C. The Kier molecular flexibility index (Phi) is 4.47. The van der Waals surface area contributed by atoms with E-state index in [9.17, 15) is 4.79 Å². The van der Waals surface area contributed by atoms with Gasteiger partial charge in [-0.1, -0.05) is 17.3 Å². The third kappa shape index (κ3) is 3.21. The molecule has 0 aliphatic carbocycles. The van der Waals surface area contributed by atoms with E-state index in [1.54, 1.807) is 17.8 Å². The molecule has 0 amide bonds. The molecule has 0 unspecified atom stereocenters. The van der Waals surface area contributed by atoms with Crippen LogP contribution in [-0.4, -0.2) is 53.1 Å². The molecule has 0 atom stereocenters. The summed E-state index contributed by atoms with van der Waals surface area (Å²) in [5.74, 6) is -0.333. The maximum atomic E-state index is 12.0. The van der Waals surface area contributed by atoms with Gasteiger partial charge in [0.05, 0.1) is 17.7 Å². The molecule has 0 fully saturated rings. The highest BCUT2D eigenvalue weighted by atomic mass is 16.5. The Labute approximate surface area is 117 Å². The molecule has 0 aliphatic heterocycles. The number of esters is 1. The summed E-state index contributed by atoms with van der Waals surface area (Å²) in [5.41, 5.74) is 2.18. The summed E-state index contributed by atoms with van der Waals surface area (Å²) in [6.45, 7) is 2.62. The summed E-state index contributed by atoms with van der Waals surface area (Å²) in [6.07, 6.45) is 1.67. The first-order valence-corrected chi connectivity index (χ1v) is 6.44. The number of likely N-dealkylation sites (N-methyl/N-ethyl adjacent to an activating group) is 1. The van der Waals surface area contributed by atoms with Gasteiger partial charge >= 0.3 is 5.97 Å². The standard InChI is InChI=1S/C14H18N4O2/c1-4-20-14(19)11(9-17(2)3)10-18-13-8-6-5-7-12(13)15-16-18/h5-8,10H,4,9H2,1-3H3. The molecule has 0 aliphatic rings. The highest BCUT2D eigenvalue weighted by molar-refractivity contribution is 5.93. The average Bonchev–Trinajstić information content (AvgIpc) is 2.81. The van der Waals surface area contributed by atoms with Gasteiger partial charge in [0.15, 0.2) is 0 Å². The van der Waals surface area contributed by atoms with Gasteiger partial charge in [-0.25, -0.2) is 9.48 Å². The fraction of sp³-hybridized carbons (Fsp3) is 0.357. The predicted molar refractivity (Wildman–Crippen MR) is 77.0 cm³/mol. The Balaban J connectivity index is 2.38. The average molecular weight is 274 g/mol. The lowest BCUT2D eigenvalue weighted by Gasteiger charge is -2.12. The normalized spacial score (nSPS) is 12.1. The number of para-hydroxylation sites is 1. The van der Waals surface area contributed by atoms with Crippen LogP contribution in [0.1, 0.15) is 6.92 Å². The number of carbonyl (C=O) groups is 1. The summed E-state index contributed by atoms with van der Waals surface area (Å²) in [7, 11) is 3.79. The lowest BCUT2D eigenvalue weighted by atomic mass is 10.2. The van der Waals surface area contributed by atoms with Crippen LogP contribution in [0.15, 0.2) is 29.8 Å². The second kappa shape index (κ2) is 6.29. The van der Waals surface area contributed by atoms with Crippen molar-refractivity contribution in [2.75, 3.05) is 27.2 Å². The van der Waals surface area contributed by atoms with E-state index in [-0.39, 0.29) is 5.97 Å². The van der Waals surface area contributed by atoms with Crippen molar-refractivity contribution in [3.05, 3.63) is 29.8 Å². The molecule has 0 N–H and O–H groups in total. The van der Waals surface area contributed by atoms with Gasteiger partial charge in [0.25, 0.3) is 0 Å². The second-order valence-corrected chi connectivity index (χ2v) is 4.64. The van der Waals surface area contributed by atoms with Crippen LogP contribution in [0.4, 0.5) is 0 Å². The zero-order valence-corrected chi connectivity index (χ0v) is 11.9. The molecule has 0 spiro atoms. The number of aromatic nitrogens is 3. The Morgan fingerprint density at radius 3 is 2.85 bits per heavy atom. The number of fused-ring (bicyclic) bond motifs is 1. The Bertz CT molecular complexity index is 631. The number of carbonyl (C=O) groups excluding carboxylic acids is 1. The van der Waals surface area contributed by atoms with Crippen molar-refractivity contribution >= 4 is 23.2 Å². The lowest BCUT2D eigenvalue weighted by Crippen LogP contribution is -2.22. The summed E-state index contributed by atoms with van der Waals surface area (Å²) >= 11 is 0. The van der Waals surface area contributed by atoms with Crippen molar-refractivity contribution in [1.29, 1.82) is 0 Å². The van der Waals surface area contributed by atoms with E-state index in [0.29, 0.717) is 18.7 Å². The Morgan fingerprint density at radius 2 is 2.15 bits per heavy atom. The van der Waals surface area contributed by atoms with Gasteiger partial charge < -0.3 is 9.64 Å². The Hall–Kier alpha value is -2.21. The van der Waals surface area contributed by atoms with E-state index in [0.717, 1.165) is 11.0 Å². The van der Waals surface area contributed by atoms with Crippen molar-refractivity contribution in [3.63, 3.8) is 0 Å². The number of nitrogens with zero attached hydrogens (tertiary/aromatic N) is 4. The maximum Gasteiger partial charge on any atom is 0.336 e. The number of hydrogen-bond donors (Lipinski definition) is 0. The summed E-state index contributed by atoms with van der Waals surface area (Å²) in [6, 6.07) is 7.59. The first kappa shape index (κ1) is 14.2. The number of rotatable bonds is 5. The summed E-state index contributed by atoms with van der Waals surface area (Å²) < 4.78 is 6.67. The zero-order chi connectivity index (χ0) is 14.5. The monoisotopic (exact) mass is 274 g/mol. The van der Waals surface area contributed by atoms with Crippen molar-refractivity contribution in [3.8, 4) is 0 Å². The molecule has 2 rings (SSSR count). The van der Waals surface area contributed by atoms with Gasteiger partial charge in [0, 0.05) is 12.7 Å². The molecule has 1 aromatic heterocycles. The van der Waals surface area contributed by atoms with Crippen LogP contribution in [0.25, 0.3) is 17.2 Å². The van der Waals surface area contributed by atoms with E-state index >= 15 is 0 Å². The third-order valence-corrected chi connectivity index (χ3v) is 2.68. The minimum atomic E-state index is -0.333. The van der Waals surface area contributed by atoms with Crippen molar-refractivity contribution in [1.82, 2.24) is 19.9 Å². The van der Waals surface area contributed by atoms with Crippen LogP contribution in [0, 0.1) is 0 Å². The highest BCUT2D eigenvalue weighted by Crippen LogP contribution is 2.12. The quantitative estimate of drug-likeness (QED) is 0.609. The number of ether oxygens (including phenoxy) is 1. The van der Waals surface area contributed by atoms with Gasteiger partial charge in [-0.3, -0.25) is 0 Å². The number of hydrogen-bond acceptors (Lipinski definition) is 5. The molecule has 6 heteroatoms. The smallest absolute Gasteiger partial charge is 0.336 e.